The fourth-order valence-corrected chi connectivity index (χ4v) is 1.43. The van der Waals surface area contributed by atoms with E-state index in [9.17, 15) is 9.59 Å². The molecule has 1 unspecified atom stereocenters. The van der Waals surface area contributed by atoms with Crippen molar-refractivity contribution in [2.24, 2.45) is 5.73 Å². The van der Waals surface area contributed by atoms with E-state index in [4.69, 9.17) is 10.5 Å². The minimum atomic E-state index is -0.611. The zero-order valence-electron chi connectivity index (χ0n) is 10.4. The third-order valence-electron chi connectivity index (χ3n) is 2.29. The number of urea groups is 1. The molecule has 0 aromatic heterocycles. The zero-order chi connectivity index (χ0) is 13.5. The van der Waals surface area contributed by atoms with Gasteiger partial charge in [-0.1, -0.05) is 12.1 Å². The molecular formula is C12H17N3O3. The number of primary amides is 1. The normalized spacial score (nSPS) is 11.4. The lowest BCUT2D eigenvalue weighted by Crippen LogP contribution is -2.27. The van der Waals surface area contributed by atoms with Crippen molar-refractivity contribution in [3.05, 3.63) is 29.8 Å². The number of rotatable bonds is 4. The van der Waals surface area contributed by atoms with Crippen molar-refractivity contribution in [1.29, 1.82) is 0 Å². The lowest BCUT2D eigenvalue weighted by molar-refractivity contribution is 0.149. The van der Waals surface area contributed by atoms with Crippen LogP contribution in [0.1, 0.15) is 25.5 Å². The molecule has 0 radical (unpaired) electrons. The van der Waals surface area contributed by atoms with E-state index >= 15 is 0 Å². The molecule has 0 heterocycles. The maximum Gasteiger partial charge on any atom is 0.407 e. The molecule has 18 heavy (non-hydrogen) atoms. The molecule has 6 heteroatoms. The third-order valence-corrected chi connectivity index (χ3v) is 2.29. The first kappa shape index (κ1) is 13.8. The molecule has 0 saturated heterocycles. The highest BCUT2D eigenvalue weighted by Crippen LogP contribution is 2.15. The molecule has 1 aromatic carbocycles. The zero-order valence-corrected chi connectivity index (χ0v) is 10.4. The average Bonchev–Trinajstić information content (AvgIpc) is 2.29. The molecule has 0 fully saturated rings. The Kier molecular flexibility index (Phi) is 4.98. The highest BCUT2D eigenvalue weighted by Gasteiger charge is 2.09. The van der Waals surface area contributed by atoms with Gasteiger partial charge in [0.25, 0.3) is 0 Å². The molecule has 0 spiro atoms. The highest BCUT2D eigenvalue weighted by molar-refractivity contribution is 5.87. The fraction of sp³-hybridized carbons (Fsp3) is 0.333. The number of ether oxygens (including phenoxy) is 1. The molecular weight excluding hydrogens is 234 g/mol. The quantitative estimate of drug-likeness (QED) is 0.763. The van der Waals surface area contributed by atoms with E-state index in [-0.39, 0.29) is 6.04 Å². The summed E-state index contributed by atoms with van der Waals surface area (Å²) < 4.78 is 4.79. The van der Waals surface area contributed by atoms with Gasteiger partial charge >= 0.3 is 12.1 Å². The maximum atomic E-state index is 11.2. The van der Waals surface area contributed by atoms with E-state index in [0.29, 0.717) is 12.3 Å². The molecule has 0 saturated carbocycles. The number of hydrogen-bond donors (Lipinski definition) is 3. The van der Waals surface area contributed by atoms with E-state index in [1.807, 2.05) is 6.92 Å². The molecule has 4 N–H and O–H groups in total. The predicted octanol–water partition coefficient (Wildman–Crippen LogP) is 1.98. The van der Waals surface area contributed by atoms with Crippen molar-refractivity contribution >= 4 is 17.8 Å². The fourth-order valence-electron chi connectivity index (χ4n) is 1.43. The molecule has 98 valence electrons. The number of nitrogens with two attached hydrogens (primary N) is 1. The second-order valence-corrected chi connectivity index (χ2v) is 3.70. The van der Waals surface area contributed by atoms with Crippen LogP contribution in [-0.2, 0) is 4.74 Å². The second-order valence-electron chi connectivity index (χ2n) is 3.70. The van der Waals surface area contributed by atoms with Gasteiger partial charge in [0, 0.05) is 5.69 Å². The Morgan fingerprint density at radius 1 is 1.33 bits per heavy atom. The smallest absolute Gasteiger partial charge is 0.407 e. The Balaban J connectivity index is 2.61. The Labute approximate surface area is 105 Å². The first-order valence-electron chi connectivity index (χ1n) is 5.62. The molecule has 1 atom stereocenters. The molecule has 0 aliphatic rings. The summed E-state index contributed by atoms with van der Waals surface area (Å²) in [5, 5.41) is 5.14. The van der Waals surface area contributed by atoms with Crippen LogP contribution in [-0.4, -0.2) is 18.7 Å². The van der Waals surface area contributed by atoms with Crippen molar-refractivity contribution in [3.8, 4) is 0 Å². The number of carbonyl (C=O) groups excluding carboxylic acids is 2. The van der Waals surface area contributed by atoms with Crippen LogP contribution in [0.15, 0.2) is 24.3 Å². The summed E-state index contributed by atoms with van der Waals surface area (Å²) in [5.41, 5.74) is 6.51. The van der Waals surface area contributed by atoms with Gasteiger partial charge in [-0.3, -0.25) is 0 Å². The van der Waals surface area contributed by atoms with Crippen molar-refractivity contribution in [1.82, 2.24) is 5.32 Å². The van der Waals surface area contributed by atoms with Gasteiger partial charge in [-0.25, -0.2) is 9.59 Å². The predicted molar refractivity (Wildman–Crippen MR) is 68.2 cm³/mol. The monoisotopic (exact) mass is 251 g/mol. The summed E-state index contributed by atoms with van der Waals surface area (Å²) in [6, 6.07) is 6.23. The van der Waals surface area contributed by atoms with Crippen LogP contribution in [0.25, 0.3) is 0 Å². The standard InChI is InChI=1S/C12H17N3O3/c1-3-18-12(17)14-8(2)9-4-6-10(7-5-9)15-11(13)16/h4-8H,3H2,1-2H3,(H,14,17)(H3,13,15,16). The van der Waals surface area contributed by atoms with E-state index in [1.54, 1.807) is 31.2 Å². The second kappa shape index (κ2) is 6.48. The summed E-state index contributed by atoms with van der Waals surface area (Å²) in [5.74, 6) is 0. The number of benzene rings is 1. The number of carbonyl (C=O) groups is 2. The number of nitrogens with one attached hydrogen (secondary N) is 2. The lowest BCUT2D eigenvalue weighted by atomic mass is 10.1. The summed E-state index contributed by atoms with van der Waals surface area (Å²) in [6.45, 7) is 3.92. The number of amides is 3. The van der Waals surface area contributed by atoms with Crippen LogP contribution in [0, 0.1) is 0 Å². The Bertz CT molecular complexity index is 417. The number of alkyl carbamates (subject to hydrolysis) is 1. The van der Waals surface area contributed by atoms with Crippen LogP contribution < -0.4 is 16.4 Å². The number of hydrogen-bond acceptors (Lipinski definition) is 3. The van der Waals surface area contributed by atoms with Crippen molar-refractivity contribution < 1.29 is 14.3 Å². The Morgan fingerprint density at radius 3 is 2.44 bits per heavy atom. The minimum Gasteiger partial charge on any atom is -0.450 e. The Morgan fingerprint density at radius 2 is 1.94 bits per heavy atom. The van der Waals surface area contributed by atoms with Gasteiger partial charge in [-0.15, -0.1) is 0 Å². The van der Waals surface area contributed by atoms with E-state index in [0.717, 1.165) is 5.56 Å². The third kappa shape index (κ3) is 4.32. The van der Waals surface area contributed by atoms with Crippen LogP contribution in [0.4, 0.5) is 15.3 Å². The first-order valence-corrected chi connectivity index (χ1v) is 5.62. The van der Waals surface area contributed by atoms with Gasteiger partial charge in [0.1, 0.15) is 0 Å². The number of anilines is 1. The van der Waals surface area contributed by atoms with Crippen molar-refractivity contribution in [2.45, 2.75) is 19.9 Å². The summed E-state index contributed by atoms with van der Waals surface area (Å²) >= 11 is 0. The van der Waals surface area contributed by atoms with Crippen LogP contribution in [0.5, 0.6) is 0 Å². The van der Waals surface area contributed by atoms with Gasteiger partial charge < -0.3 is 21.1 Å². The Hall–Kier alpha value is -2.24. The lowest BCUT2D eigenvalue weighted by Gasteiger charge is -2.14. The van der Waals surface area contributed by atoms with E-state index < -0.39 is 12.1 Å². The van der Waals surface area contributed by atoms with Gasteiger partial charge in [0.2, 0.25) is 0 Å². The molecule has 0 aliphatic carbocycles. The highest BCUT2D eigenvalue weighted by atomic mass is 16.5. The summed E-state index contributed by atoms with van der Waals surface area (Å²) in [6.07, 6.45) is -0.454. The van der Waals surface area contributed by atoms with E-state index in [2.05, 4.69) is 10.6 Å². The van der Waals surface area contributed by atoms with Crippen molar-refractivity contribution in [3.63, 3.8) is 0 Å². The van der Waals surface area contributed by atoms with Gasteiger partial charge in [0.05, 0.1) is 12.6 Å². The van der Waals surface area contributed by atoms with Gasteiger partial charge in [0.15, 0.2) is 0 Å². The van der Waals surface area contributed by atoms with Gasteiger partial charge in [-0.05, 0) is 31.5 Å². The largest absolute Gasteiger partial charge is 0.450 e. The van der Waals surface area contributed by atoms with Gasteiger partial charge in [-0.2, -0.15) is 0 Å². The molecule has 6 nitrogen and oxygen atoms in total. The van der Waals surface area contributed by atoms with Crippen LogP contribution in [0.2, 0.25) is 0 Å². The molecule has 1 aromatic rings. The topological polar surface area (TPSA) is 93.4 Å². The molecule has 1 rings (SSSR count). The summed E-state index contributed by atoms with van der Waals surface area (Å²) in [7, 11) is 0. The SMILES string of the molecule is CCOC(=O)NC(C)c1ccc(NC(N)=O)cc1. The maximum absolute atomic E-state index is 11.2. The van der Waals surface area contributed by atoms with Crippen LogP contribution >= 0.6 is 0 Å². The molecule has 3 amide bonds. The molecule has 0 bridgehead atoms. The van der Waals surface area contributed by atoms with Crippen LogP contribution in [0.3, 0.4) is 0 Å². The van der Waals surface area contributed by atoms with Crippen molar-refractivity contribution in [2.75, 3.05) is 11.9 Å². The van der Waals surface area contributed by atoms with E-state index in [1.165, 1.54) is 0 Å². The molecule has 0 aliphatic heterocycles. The average molecular weight is 251 g/mol. The minimum absolute atomic E-state index is 0.174. The summed E-state index contributed by atoms with van der Waals surface area (Å²) in [4.78, 5) is 21.9. The first-order chi connectivity index (χ1) is 8.52.